The van der Waals surface area contributed by atoms with Gasteiger partial charge in [0, 0.05) is 30.8 Å². The van der Waals surface area contributed by atoms with Gasteiger partial charge in [0.15, 0.2) is 0 Å². The summed E-state index contributed by atoms with van der Waals surface area (Å²) in [4.78, 5) is 8.58. The van der Waals surface area contributed by atoms with Crippen LogP contribution < -0.4 is 11.1 Å². The summed E-state index contributed by atoms with van der Waals surface area (Å²) < 4.78 is 5.04. The van der Waals surface area contributed by atoms with Crippen molar-refractivity contribution in [1.82, 2.24) is 20.2 Å². The van der Waals surface area contributed by atoms with Crippen LogP contribution in [0, 0.1) is 0 Å². The zero-order valence-electron chi connectivity index (χ0n) is 12.9. The molecule has 128 valence electrons. The molecule has 0 radical (unpaired) electrons. The van der Waals surface area contributed by atoms with Gasteiger partial charge in [-0.25, -0.2) is 9.97 Å². The maximum absolute atomic E-state index is 5.83. The largest absolute Gasteiger partial charge is 0.378 e. The number of nitrogens with two attached hydrogens (primary N) is 1. The molecule has 0 bridgehead atoms. The lowest BCUT2D eigenvalue weighted by Gasteiger charge is -2.31. The highest BCUT2D eigenvalue weighted by atomic mass is 35.5. The molecule has 0 saturated heterocycles. The number of rotatable bonds is 6. The lowest BCUT2D eigenvalue weighted by Crippen LogP contribution is -2.35. The number of methoxy groups -OCH3 is 1. The number of nitrogens with zero attached hydrogens (tertiary/aromatic N) is 3. The Balaban J connectivity index is 0.00000132. The van der Waals surface area contributed by atoms with Crippen LogP contribution in [-0.4, -0.2) is 33.3 Å². The van der Waals surface area contributed by atoms with Gasteiger partial charge in [0.2, 0.25) is 0 Å². The van der Waals surface area contributed by atoms with Gasteiger partial charge in [0.25, 0.3) is 0 Å². The molecule has 1 aliphatic carbocycles. The number of anilines is 1. The SMILES string of the molecule is COCc1cc(CNc2cc(C3CC(N)C3)ncn2)[nH]n1.Cl.Cl. The lowest BCUT2D eigenvalue weighted by atomic mass is 9.79. The second kappa shape index (κ2) is 9.02. The molecule has 0 spiro atoms. The second-order valence-corrected chi connectivity index (χ2v) is 5.43. The van der Waals surface area contributed by atoms with E-state index in [1.807, 2.05) is 12.1 Å². The van der Waals surface area contributed by atoms with Crippen LogP contribution in [-0.2, 0) is 17.9 Å². The molecule has 0 amide bonds. The Morgan fingerprint density at radius 2 is 2.09 bits per heavy atom. The first-order valence-electron chi connectivity index (χ1n) is 7.08. The van der Waals surface area contributed by atoms with Gasteiger partial charge in [-0.15, -0.1) is 24.8 Å². The van der Waals surface area contributed by atoms with E-state index >= 15 is 0 Å². The molecular formula is C14H22Cl2N6O. The Labute approximate surface area is 147 Å². The van der Waals surface area contributed by atoms with E-state index < -0.39 is 0 Å². The Kier molecular flexibility index (Phi) is 7.70. The summed E-state index contributed by atoms with van der Waals surface area (Å²) in [5.74, 6) is 1.30. The molecule has 0 unspecified atom stereocenters. The fraction of sp³-hybridized carbons (Fsp3) is 0.500. The third kappa shape index (κ3) is 5.04. The molecule has 3 rings (SSSR count). The van der Waals surface area contributed by atoms with Gasteiger partial charge in [0.05, 0.1) is 24.5 Å². The van der Waals surface area contributed by atoms with E-state index in [1.165, 1.54) is 0 Å². The van der Waals surface area contributed by atoms with Crippen LogP contribution in [0.1, 0.15) is 35.8 Å². The normalized spacial score (nSPS) is 19.2. The number of ether oxygens (including phenoxy) is 1. The van der Waals surface area contributed by atoms with Crippen molar-refractivity contribution in [2.75, 3.05) is 12.4 Å². The molecular weight excluding hydrogens is 339 g/mol. The number of hydrogen-bond acceptors (Lipinski definition) is 6. The van der Waals surface area contributed by atoms with Crippen molar-refractivity contribution in [1.29, 1.82) is 0 Å². The molecule has 2 aromatic heterocycles. The van der Waals surface area contributed by atoms with Crippen molar-refractivity contribution in [2.24, 2.45) is 5.73 Å². The summed E-state index contributed by atoms with van der Waals surface area (Å²) in [6, 6.07) is 4.30. The molecule has 1 saturated carbocycles. The zero-order valence-corrected chi connectivity index (χ0v) is 14.5. The minimum atomic E-state index is 0. The molecule has 1 aliphatic rings. The van der Waals surface area contributed by atoms with Gasteiger partial charge in [-0.3, -0.25) is 5.10 Å². The highest BCUT2D eigenvalue weighted by Gasteiger charge is 2.28. The molecule has 7 nitrogen and oxygen atoms in total. The number of hydrogen-bond donors (Lipinski definition) is 3. The van der Waals surface area contributed by atoms with Crippen molar-refractivity contribution in [2.45, 2.75) is 38.0 Å². The van der Waals surface area contributed by atoms with E-state index in [0.717, 1.165) is 35.7 Å². The molecule has 1 fully saturated rings. The van der Waals surface area contributed by atoms with Crippen LogP contribution in [0.25, 0.3) is 0 Å². The standard InChI is InChI=1S/C14H20N6O.2ClH/c1-21-7-12-4-11(19-20-12)6-16-14-5-13(17-8-18-14)9-2-10(15)3-9;;/h4-5,8-10H,2-3,6-7,15H2,1H3,(H,19,20)(H,16,17,18);2*1H. The van der Waals surface area contributed by atoms with Crippen LogP contribution in [0.3, 0.4) is 0 Å². The van der Waals surface area contributed by atoms with Crippen molar-refractivity contribution in [3.63, 3.8) is 0 Å². The second-order valence-electron chi connectivity index (χ2n) is 5.43. The number of aromatic amines is 1. The van der Waals surface area contributed by atoms with E-state index in [4.69, 9.17) is 10.5 Å². The highest BCUT2D eigenvalue weighted by Crippen LogP contribution is 2.34. The number of aromatic nitrogens is 4. The average Bonchev–Trinajstić information content (AvgIpc) is 2.90. The summed E-state index contributed by atoms with van der Waals surface area (Å²) >= 11 is 0. The highest BCUT2D eigenvalue weighted by molar-refractivity contribution is 5.85. The van der Waals surface area contributed by atoms with Gasteiger partial charge in [-0.1, -0.05) is 0 Å². The first kappa shape index (κ1) is 19.6. The fourth-order valence-electron chi connectivity index (χ4n) is 2.50. The number of nitrogens with one attached hydrogen (secondary N) is 2. The third-order valence-electron chi connectivity index (χ3n) is 3.72. The Hall–Kier alpha value is -1.41. The summed E-state index contributed by atoms with van der Waals surface area (Å²) in [6.45, 7) is 1.15. The first-order chi connectivity index (χ1) is 10.2. The first-order valence-corrected chi connectivity index (χ1v) is 7.08. The molecule has 23 heavy (non-hydrogen) atoms. The number of H-pyrrole nitrogens is 1. The molecule has 0 aromatic carbocycles. The monoisotopic (exact) mass is 360 g/mol. The minimum absolute atomic E-state index is 0. The zero-order chi connectivity index (χ0) is 14.7. The quantitative estimate of drug-likeness (QED) is 0.728. The Bertz CT molecular complexity index is 602. The van der Waals surface area contributed by atoms with Gasteiger partial charge in [0.1, 0.15) is 12.1 Å². The van der Waals surface area contributed by atoms with Crippen LogP contribution in [0.4, 0.5) is 5.82 Å². The molecule has 4 N–H and O–H groups in total. The van der Waals surface area contributed by atoms with Gasteiger partial charge >= 0.3 is 0 Å². The van der Waals surface area contributed by atoms with Crippen LogP contribution in [0.5, 0.6) is 0 Å². The van der Waals surface area contributed by atoms with E-state index in [0.29, 0.717) is 25.1 Å². The Morgan fingerprint density at radius 3 is 2.78 bits per heavy atom. The van der Waals surface area contributed by atoms with Gasteiger partial charge < -0.3 is 15.8 Å². The summed E-state index contributed by atoms with van der Waals surface area (Å²) in [6.07, 6.45) is 3.62. The molecule has 0 aliphatic heterocycles. The molecule has 9 heteroatoms. The van der Waals surface area contributed by atoms with Crippen LogP contribution in [0.2, 0.25) is 0 Å². The van der Waals surface area contributed by atoms with Gasteiger partial charge in [-0.05, 0) is 18.9 Å². The number of halogens is 2. The summed E-state index contributed by atoms with van der Waals surface area (Å²) in [5, 5.41) is 10.4. The minimum Gasteiger partial charge on any atom is -0.378 e. The van der Waals surface area contributed by atoms with E-state index in [9.17, 15) is 0 Å². The smallest absolute Gasteiger partial charge is 0.129 e. The third-order valence-corrected chi connectivity index (χ3v) is 3.72. The van der Waals surface area contributed by atoms with E-state index in [1.54, 1.807) is 13.4 Å². The van der Waals surface area contributed by atoms with Gasteiger partial charge in [-0.2, -0.15) is 5.10 Å². The van der Waals surface area contributed by atoms with Crippen molar-refractivity contribution < 1.29 is 4.74 Å². The topological polar surface area (TPSA) is 102 Å². The predicted molar refractivity (Wildman–Crippen MR) is 93.1 cm³/mol. The van der Waals surface area contributed by atoms with Crippen molar-refractivity contribution in [3.8, 4) is 0 Å². The molecule has 0 atom stereocenters. The van der Waals surface area contributed by atoms with E-state index in [-0.39, 0.29) is 24.8 Å². The van der Waals surface area contributed by atoms with Crippen molar-refractivity contribution in [3.05, 3.63) is 35.5 Å². The summed E-state index contributed by atoms with van der Waals surface area (Å²) in [5.41, 5.74) is 8.78. The molecule has 2 heterocycles. The average molecular weight is 361 g/mol. The van der Waals surface area contributed by atoms with Crippen LogP contribution >= 0.6 is 24.8 Å². The lowest BCUT2D eigenvalue weighted by molar-refractivity contribution is 0.181. The predicted octanol–water partition coefficient (Wildman–Crippen LogP) is 2.01. The fourth-order valence-corrected chi connectivity index (χ4v) is 2.50. The van der Waals surface area contributed by atoms with Crippen LogP contribution in [0.15, 0.2) is 18.5 Å². The summed E-state index contributed by atoms with van der Waals surface area (Å²) in [7, 11) is 1.65. The Morgan fingerprint density at radius 1 is 1.30 bits per heavy atom. The van der Waals surface area contributed by atoms with Crippen molar-refractivity contribution >= 4 is 30.6 Å². The maximum Gasteiger partial charge on any atom is 0.129 e. The van der Waals surface area contributed by atoms with E-state index in [2.05, 4.69) is 25.5 Å². The molecule has 2 aromatic rings. The maximum atomic E-state index is 5.83.